The molecule has 0 aliphatic carbocycles. The van der Waals surface area contributed by atoms with Crippen molar-refractivity contribution < 1.29 is 4.92 Å². The Morgan fingerprint density at radius 1 is 1.09 bits per heavy atom. The van der Waals surface area contributed by atoms with Crippen molar-refractivity contribution in [1.29, 1.82) is 5.41 Å². The Morgan fingerprint density at radius 2 is 1.73 bits per heavy atom. The number of hydrogen-bond donors (Lipinski definition) is 1. The molecule has 2 aromatic rings. The second kappa shape index (κ2) is 7.50. The lowest BCUT2D eigenvalue weighted by Gasteiger charge is -2.13. The van der Waals surface area contributed by atoms with E-state index >= 15 is 0 Å². The normalized spacial score (nSPS) is 11.9. The highest BCUT2D eigenvalue weighted by Crippen LogP contribution is 2.17. The molecule has 0 saturated heterocycles. The highest BCUT2D eigenvalue weighted by molar-refractivity contribution is 5.83. The summed E-state index contributed by atoms with van der Waals surface area (Å²) in [5.41, 5.74) is 3.11. The van der Waals surface area contributed by atoms with E-state index in [0.717, 1.165) is 30.5 Å². The van der Waals surface area contributed by atoms with Crippen LogP contribution in [0.4, 0.5) is 5.69 Å². The van der Waals surface area contributed by atoms with E-state index in [2.05, 4.69) is 12.1 Å². The number of rotatable bonds is 7. The number of non-ortho nitro benzene ring substituents is 1. The zero-order valence-electron chi connectivity index (χ0n) is 12.7. The Bertz CT molecular complexity index is 636. The van der Waals surface area contributed by atoms with Crippen molar-refractivity contribution >= 4 is 11.4 Å². The lowest BCUT2D eigenvalue weighted by Crippen LogP contribution is -2.13. The van der Waals surface area contributed by atoms with Crippen LogP contribution in [-0.4, -0.2) is 10.6 Å². The first-order valence-electron chi connectivity index (χ1n) is 7.41. The fourth-order valence-electron chi connectivity index (χ4n) is 2.40. The molecule has 0 aliphatic heterocycles. The van der Waals surface area contributed by atoms with Gasteiger partial charge in [0.1, 0.15) is 0 Å². The molecule has 0 spiro atoms. The zero-order chi connectivity index (χ0) is 15.9. The summed E-state index contributed by atoms with van der Waals surface area (Å²) in [5, 5.41) is 18.8. The van der Waals surface area contributed by atoms with Crippen molar-refractivity contribution in [3.8, 4) is 0 Å². The molecule has 4 nitrogen and oxygen atoms in total. The molecule has 1 unspecified atom stereocenters. The quantitative estimate of drug-likeness (QED) is 0.466. The Labute approximate surface area is 130 Å². The maximum Gasteiger partial charge on any atom is 0.269 e. The van der Waals surface area contributed by atoms with Crippen LogP contribution in [0.25, 0.3) is 0 Å². The molecule has 0 saturated carbocycles. The molecular formula is C18H20N2O2. The van der Waals surface area contributed by atoms with Gasteiger partial charge >= 0.3 is 0 Å². The summed E-state index contributed by atoms with van der Waals surface area (Å²) in [5.74, 6) is 0.144. The average molecular weight is 296 g/mol. The third-order valence-electron chi connectivity index (χ3n) is 3.81. The second-order valence-electron chi connectivity index (χ2n) is 5.54. The molecule has 2 aromatic carbocycles. The van der Waals surface area contributed by atoms with Gasteiger partial charge in [-0.25, -0.2) is 0 Å². The van der Waals surface area contributed by atoms with Crippen LogP contribution in [0.5, 0.6) is 0 Å². The first-order valence-corrected chi connectivity index (χ1v) is 7.41. The smallest absolute Gasteiger partial charge is 0.269 e. The summed E-state index contributed by atoms with van der Waals surface area (Å²) < 4.78 is 0. The molecule has 1 atom stereocenters. The molecule has 2 rings (SSSR count). The predicted octanol–water partition coefficient (Wildman–Crippen LogP) is 4.43. The van der Waals surface area contributed by atoms with Crippen molar-refractivity contribution in [3.05, 3.63) is 75.8 Å². The van der Waals surface area contributed by atoms with Gasteiger partial charge in [0.2, 0.25) is 0 Å². The van der Waals surface area contributed by atoms with Gasteiger partial charge in [-0.15, -0.1) is 0 Å². The lowest BCUT2D eigenvalue weighted by atomic mass is 9.93. The first kappa shape index (κ1) is 15.9. The summed E-state index contributed by atoms with van der Waals surface area (Å²) in [7, 11) is 0. The van der Waals surface area contributed by atoms with Crippen molar-refractivity contribution in [2.75, 3.05) is 0 Å². The van der Waals surface area contributed by atoms with E-state index in [-0.39, 0.29) is 11.6 Å². The van der Waals surface area contributed by atoms with Crippen LogP contribution in [0.1, 0.15) is 24.5 Å². The SMILES string of the molecule is CC(Cc1ccc([N+](=O)[O-])cc1)C(=N)CCc1ccccc1. The fraction of sp³-hybridized carbons (Fsp3) is 0.278. The lowest BCUT2D eigenvalue weighted by molar-refractivity contribution is -0.384. The first-order chi connectivity index (χ1) is 10.6. The third-order valence-corrected chi connectivity index (χ3v) is 3.81. The largest absolute Gasteiger partial charge is 0.309 e. The van der Waals surface area contributed by atoms with Crippen LogP contribution in [0.15, 0.2) is 54.6 Å². The van der Waals surface area contributed by atoms with Gasteiger partial charge in [-0.2, -0.15) is 0 Å². The Morgan fingerprint density at radius 3 is 2.32 bits per heavy atom. The van der Waals surface area contributed by atoms with Crippen LogP contribution >= 0.6 is 0 Å². The number of aryl methyl sites for hydroxylation is 1. The van der Waals surface area contributed by atoms with Crippen LogP contribution in [0, 0.1) is 21.4 Å². The molecule has 114 valence electrons. The van der Waals surface area contributed by atoms with Crippen molar-refractivity contribution in [3.63, 3.8) is 0 Å². The van der Waals surface area contributed by atoms with E-state index < -0.39 is 4.92 Å². The number of nitro benzene ring substituents is 1. The number of nitrogens with one attached hydrogen (secondary N) is 1. The number of nitrogens with zero attached hydrogens (tertiary/aromatic N) is 1. The molecule has 1 N–H and O–H groups in total. The second-order valence-corrected chi connectivity index (χ2v) is 5.54. The number of benzene rings is 2. The topological polar surface area (TPSA) is 67.0 Å². The molecular weight excluding hydrogens is 276 g/mol. The summed E-state index contributed by atoms with van der Waals surface area (Å²) in [6.45, 7) is 2.04. The Hall–Kier alpha value is -2.49. The molecule has 4 heteroatoms. The number of nitro groups is 1. The van der Waals surface area contributed by atoms with Crippen molar-refractivity contribution in [2.24, 2.45) is 5.92 Å². The minimum atomic E-state index is -0.394. The van der Waals surface area contributed by atoms with Gasteiger partial charge in [0, 0.05) is 17.8 Å². The van der Waals surface area contributed by atoms with Crippen LogP contribution in [0.2, 0.25) is 0 Å². The van der Waals surface area contributed by atoms with Crippen LogP contribution in [-0.2, 0) is 12.8 Å². The molecule has 22 heavy (non-hydrogen) atoms. The van der Waals surface area contributed by atoms with Gasteiger partial charge in [0.15, 0.2) is 0 Å². The monoisotopic (exact) mass is 296 g/mol. The van der Waals surface area contributed by atoms with Gasteiger partial charge in [-0.1, -0.05) is 49.4 Å². The predicted molar refractivity (Wildman–Crippen MR) is 88.5 cm³/mol. The summed E-state index contributed by atoms with van der Waals surface area (Å²) in [4.78, 5) is 10.2. The van der Waals surface area contributed by atoms with Crippen LogP contribution in [0.3, 0.4) is 0 Å². The van der Waals surface area contributed by atoms with Gasteiger partial charge in [0.05, 0.1) is 4.92 Å². The molecule has 0 heterocycles. The Balaban J connectivity index is 1.86. The van der Waals surface area contributed by atoms with Gasteiger partial charge in [-0.3, -0.25) is 10.1 Å². The molecule has 0 aromatic heterocycles. The fourth-order valence-corrected chi connectivity index (χ4v) is 2.40. The molecule has 0 aliphatic rings. The number of hydrogen-bond acceptors (Lipinski definition) is 3. The summed E-state index contributed by atoms with van der Waals surface area (Å²) in [6.07, 6.45) is 2.37. The van der Waals surface area contributed by atoms with E-state index in [1.807, 2.05) is 25.1 Å². The molecule has 0 bridgehead atoms. The highest BCUT2D eigenvalue weighted by Gasteiger charge is 2.11. The summed E-state index contributed by atoms with van der Waals surface area (Å²) in [6, 6.07) is 16.8. The van der Waals surface area contributed by atoms with Gasteiger partial charge in [-0.05, 0) is 36.3 Å². The Kier molecular flexibility index (Phi) is 5.42. The van der Waals surface area contributed by atoms with Crippen molar-refractivity contribution in [1.82, 2.24) is 0 Å². The zero-order valence-corrected chi connectivity index (χ0v) is 12.7. The standard InChI is InChI=1S/C18H20N2O2/c1-14(13-16-7-10-17(11-8-16)20(21)22)18(19)12-9-15-5-3-2-4-6-15/h2-8,10-11,14,19H,9,12-13H2,1H3. The van der Waals surface area contributed by atoms with Crippen LogP contribution < -0.4 is 0 Å². The maximum absolute atomic E-state index is 10.6. The van der Waals surface area contributed by atoms with E-state index in [4.69, 9.17) is 5.41 Å². The minimum absolute atomic E-state index is 0.107. The average Bonchev–Trinajstić information content (AvgIpc) is 2.54. The molecule has 0 amide bonds. The third kappa shape index (κ3) is 4.52. The van der Waals surface area contributed by atoms with E-state index in [0.29, 0.717) is 0 Å². The summed E-state index contributed by atoms with van der Waals surface area (Å²) >= 11 is 0. The molecule has 0 fully saturated rings. The van der Waals surface area contributed by atoms with E-state index in [9.17, 15) is 10.1 Å². The molecule has 0 radical (unpaired) electrons. The van der Waals surface area contributed by atoms with Crippen molar-refractivity contribution in [2.45, 2.75) is 26.2 Å². The minimum Gasteiger partial charge on any atom is -0.309 e. The van der Waals surface area contributed by atoms with Gasteiger partial charge < -0.3 is 5.41 Å². The van der Waals surface area contributed by atoms with E-state index in [1.165, 1.54) is 17.7 Å². The van der Waals surface area contributed by atoms with E-state index in [1.54, 1.807) is 12.1 Å². The van der Waals surface area contributed by atoms with Gasteiger partial charge in [0.25, 0.3) is 5.69 Å². The highest BCUT2D eigenvalue weighted by atomic mass is 16.6. The maximum atomic E-state index is 10.6.